The SMILES string of the molecule is Cc1ccnc2c1c(=O)cc(N(c1ccccc1)S(C)(=O)=O)n2-c1ccccc1. The van der Waals surface area contributed by atoms with Gasteiger partial charge in [-0.25, -0.2) is 17.7 Å². The summed E-state index contributed by atoms with van der Waals surface area (Å²) in [6, 6.07) is 21.1. The molecule has 7 heteroatoms. The van der Waals surface area contributed by atoms with Gasteiger partial charge in [0.2, 0.25) is 10.0 Å². The Morgan fingerprint density at radius 3 is 2.17 bits per heavy atom. The molecule has 0 amide bonds. The van der Waals surface area contributed by atoms with Gasteiger partial charge in [-0.3, -0.25) is 9.36 Å². The van der Waals surface area contributed by atoms with E-state index < -0.39 is 10.0 Å². The van der Waals surface area contributed by atoms with Crippen LogP contribution < -0.4 is 9.73 Å². The highest BCUT2D eigenvalue weighted by Crippen LogP contribution is 2.32. The second-order valence-corrected chi connectivity index (χ2v) is 8.56. The number of anilines is 2. The molecule has 0 aliphatic heterocycles. The van der Waals surface area contributed by atoms with E-state index in [-0.39, 0.29) is 11.2 Å². The fourth-order valence-corrected chi connectivity index (χ4v) is 4.40. The lowest BCUT2D eigenvalue weighted by Crippen LogP contribution is -2.29. The molecule has 2 aromatic heterocycles. The predicted molar refractivity (Wildman–Crippen MR) is 116 cm³/mol. The normalized spacial score (nSPS) is 11.5. The summed E-state index contributed by atoms with van der Waals surface area (Å²) in [5.41, 5.74) is 2.05. The van der Waals surface area contributed by atoms with E-state index in [9.17, 15) is 13.2 Å². The highest BCUT2D eigenvalue weighted by molar-refractivity contribution is 7.92. The maximum Gasteiger partial charge on any atom is 0.237 e. The van der Waals surface area contributed by atoms with Gasteiger partial charge in [0.15, 0.2) is 5.43 Å². The summed E-state index contributed by atoms with van der Waals surface area (Å²) in [6.07, 6.45) is 2.74. The average Bonchev–Trinajstić information content (AvgIpc) is 2.68. The molecule has 2 heterocycles. The van der Waals surface area contributed by atoms with Gasteiger partial charge in [0.05, 0.1) is 17.3 Å². The zero-order chi connectivity index (χ0) is 20.6. The average molecular weight is 405 g/mol. The van der Waals surface area contributed by atoms with Crippen LogP contribution in [0.4, 0.5) is 11.5 Å². The predicted octanol–water partition coefficient (Wildman–Crippen LogP) is 3.79. The van der Waals surface area contributed by atoms with Crippen molar-refractivity contribution in [2.24, 2.45) is 0 Å². The van der Waals surface area contributed by atoms with Crippen LogP contribution in [0.15, 0.2) is 83.8 Å². The van der Waals surface area contributed by atoms with Crippen molar-refractivity contribution in [2.45, 2.75) is 6.92 Å². The number of rotatable bonds is 4. The first-order chi connectivity index (χ1) is 13.9. The first-order valence-electron chi connectivity index (χ1n) is 9.00. The Bertz CT molecular complexity index is 1350. The molecule has 6 nitrogen and oxygen atoms in total. The van der Waals surface area contributed by atoms with Crippen molar-refractivity contribution in [1.82, 2.24) is 9.55 Å². The van der Waals surface area contributed by atoms with Gasteiger partial charge in [0.1, 0.15) is 11.5 Å². The maximum atomic E-state index is 13.0. The molecule has 4 aromatic rings. The van der Waals surface area contributed by atoms with Gasteiger partial charge in [0, 0.05) is 18.0 Å². The zero-order valence-corrected chi connectivity index (χ0v) is 16.8. The molecule has 146 valence electrons. The Balaban J connectivity index is 2.18. The lowest BCUT2D eigenvalue weighted by molar-refractivity contribution is 0.601. The number of aromatic nitrogens is 2. The summed E-state index contributed by atoms with van der Waals surface area (Å²) >= 11 is 0. The molecule has 4 rings (SSSR count). The van der Waals surface area contributed by atoms with Gasteiger partial charge in [-0.1, -0.05) is 36.4 Å². The summed E-state index contributed by atoms with van der Waals surface area (Å²) in [7, 11) is -3.75. The monoisotopic (exact) mass is 405 g/mol. The fraction of sp³-hybridized carbons (Fsp3) is 0.0909. The molecule has 0 fully saturated rings. The van der Waals surface area contributed by atoms with Gasteiger partial charge in [-0.05, 0) is 42.8 Å². The Morgan fingerprint density at radius 1 is 0.931 bits per heavy atom. The van der Waals surface area contributed by atoms with Crippen LogP contribution in [0.1, 0.15) is 5.56 Å². The molecule has 0 atom stereocenters. The van der Waals surface area contributed by atoms with E-state index >= 15 is 0 Å². The molecular weight excluding hydrogens is 386 g/mol. The second-order valence-electron chi connectivity index (χ2n) is 6.73. The lowest BCUT2D eigenvalue weighted by atomic mass is 10.1. The molecule has 0 aliphatic rings. The molecule has 0 bridgehead atoms. The topological polar surface area (TPSA) is 72.3 Å². The molecule has 0 saturated heterocycles. The summed E-state index contributed by atoms with van der Waals surface area (Å²) in [4.78, 5) is 17.4. The minimum absolute atomic E-state index is 0.209. The van der Waals surface area contributed by atoms with Crippen molar-refractivity contribution in [3.63, 3.8) is 0 Å². The van der Waals surface area contributed by atoms with Crippen LogP contribution in [-0.2, 0) is 10.0 Å². The van der Waals surface area contributed by atoms with E-state index in [1.807, 2.05) is 37.3 Å². The second kappa shape index (κ2) is 7.18. The summed E-state index contributed by atoms with van der Waals surface area (Å²) < 4.78 is 28.5. The number of sulfonamides is 1. The van der Waals surface area contributed by atoms with Crippen molar-refractivity contribution in [3.05, 3.63) is 94.8 Å². The number of hydrogen-bond donors (Lipinski definition) is 0. The summed E-state index contributed by atoms with van der Waals surface area (Å²) in [5.74, 6) is 0.209. The van der Waals surface area contributed by atoms with Crippen molar-refractivity contribution < 1.29 is 8.42 Å². The number of aryl methyl sites for hydroxylation is 1. The van der Waals surface area contributed by atoms with E-state index in [1.54, 1.807) is 47.2 Å². The quantitative estimate of drug-likeness (QED) is 0.518. The molecule has 29 heavy (non-hydrogen) atoms. The highest BCUT2D eigenvalue weighted by Gasteiger charge is 2.25. The standard InChI is InChI=1S/C22H19N3O3S/c1-16-13-14-23-22-21(16)19(26)15-20(24(22)17-9-5-3-6-10-17)25(29(2,27)28)18-11-7-4-8-12-18/h3-15H,1-2H3. The number of nitrogens with zero attached hydrogens (tertiary/aromatic N) is 3. The van der Waals surface area contributed by atoms with Crippen LogP contribution in [0.3, 0.4) is 0 Å². The molecule has 0 aliphatic carbocycles. The van der Waals surface area contributed by atoms with Crippen LogP contribution in [0.25, 0.3) is 16.7 Å². The Kier molecular flexibility index (Phi) is 4.68. The molecule has 0 radical (unpaired) electrons. The molecule has 0 spiro atoms. The lowest BCUT2D eigenvalue weighted by Gasteiger charge is -2.27. The number of para-hydroxylation sites is 2. The third-order valence-electron chi connectivity index (χ3n) is 4.63. The smallest absolute Gasteiger partial charge is 0.237 e. The van der Waals surface area contributed by atoms with E-state index in [0.717, 1.165) is 11.8 Å². The third-order valence-corrected chi connectivity index (χ3v) is 5.69. The Morgan fingerprint density at radius 2 is 1.55 bits per heavy atom. The van der Waals surface area contributed by atoms with Crippen LogP contribution in [-0.4, -0.2) is 24.2 Å². The Hall–Kier alpha value is -3.45. The minimum Gasteiger partial charge on any atom is -0.289 e. The van der Waals surface area contributed by atoms with E-state index in [4.69, 9.17) is 0 Å². The van der Waals surface area contributed by atoms with Crippen molar-refractivity contribution in [2.75, 3.05) is 10.6 Å². The van der Waals surface area contributed by atoms with Gasteiger partial charge >= 0.3 is 0 Å². The van der Waals surface area contributed by atoms with Crippen LogP contribution in [0.5, 0.6) is 0 Å². The van der Waals surface area contributed by atoms with Crippen molar-refractivity contribution in [1.29, 1.82) is 0 Å². The van der Waals surface area contributed by atoms with Gasteiger partial charge in [-0.15, -0.1) is 0 Å². The largest absolute Gasteiger partial charge is 0.289 e. The minimum atomic E-state index is -3.75. The van der Waals surface area contributed by atoms with E-state index in [0.29, 0.717) is 22.4 Å². The van der Waals surface area contributed by atoms with Crippen LogP contribution in [0, 0.1) is 6.92 Å². The van der Waals surface area contributed by atoms with Crippen molar-refractivity contribution in [3.8, 4) is 5.69 Å². The van der Waals surface area contributed by atoms with Crippen LogP contribution in [0.2, 0.25) is 0 Å². The summed E-state index contributed by atoms with van der Waals surface area (Å²) in [5, 5.41) is 0.460. The maximum absolute atomic E-state index is 13.0. The summed E-state index contributed by atoms with van der Waals surface area (Å²) in [6.45, 7) is 1.84. The Labute approximate surface area is 168 Å². The van der Waals surface area contributed by atoms with E-state index in [1.165, 1.54) is 10.4 Å². The van der Waals surface area contributed by atoms with Gasteiger partial charge in [0.25, 0.3) is 0 Å². The van der Waals surface area contributed by atoms with Crippen molar-refractivity contribution >= 4 is 32.6 Å². The number of fused-ring (bicyclic) bond motifs is 1. The molecule has 0 unspecified atom stereocenters. The fourth-order valence-electron chi connectivity index (χ4n) is 3.42. The number of pyridine rings is 2. The number of benzene rings is 2. The van der Waals surface area contributed by atoms with Gasteiger partial charge < -0.3 is 0 Å². The third kappa shape index (κ3) is 3.40. The number of hydrogen-bond acceptors (Lipinski definition) is 4. The molecule has 2 aromatic carbocycles. The highest BCUT2D eigenvalue weighted by atomic mass is 32.2. The molecular formula is C22H19N3O3S. The molecule has 0 saturated carbocycles. The van der Waals surface area contributed by atoms with Gasteiger partial charge in [-0.2, -0.15) is 0 Å². The zero-order valence-electron chi connectivity index (χ0n) is 16.0. The first kappa shape index (κ1) is 18.9. The first-order valence-corrected chi connectivity index (χ1v) is 10.8. The van der Waals surface area contributed by atoms with E-state index in [2.05, 4.69) is 4.98 Å². The van der Waals surface area contributed by atoms with Crippen LogP contribution >= 0.6 is 0 Å². The molecule has 0 N–H and O–H groups in total.